The quantitative estimate of drug-likeness (QED) is 0.788. The first-order valence-corrected chi connectivity index (χ1v) is 4.88. The molecule has 0 aliphatic carbocycles. The summed E-state index contributed by atoms with van der Waals surface area (Å²) in [6.07, 6.45) is 1.95. The van der Waals surface area contributed by atoms with E-state index >= 15 is 0 Å². The molecule has 4 heteroatoms. The Hall–Kier alpha value is -1.42. The van der Waals surface area contributed by atoms with Gasteiger partial charge in [-0.3, -0.25) is 4.79 Å². The average molecular weight is 207 g/mol. The highest BCUT2D eigenvalue weighted by atomic mass is 16.1. The Morgan fingerprint density at radius 3 is 2.80 bits per heavy atom. The first kappa shape index (κ1) is 11.7. The molecule has 1 heterocycles. The predicted octanol–water partition coefficient (Wildman–Crippen LogP) is 1.46. The van der Waals surface area contributed by atoms with Crippen LogP contribution in [0.15, 0.2) is 18.3 Å². The number of rotatable bonds is 3. The van der Waals surface area contributed by atoms with Gasteiger partial charge in [-0.05, 0) is 38.5 Å². The van der Waals surface area contributed by atoms with Crippen molar-refractivity contribution >= 4 is 11.7 Å². The lowest BCUT2D eigenvalue weighted by molar-refractivity contribution is -0.117. The minimum atomic E-state index is -0.492. The summed E-state index contributed by atoms with van der Waals surface area (Å²) in [5, 5.41) is 2.71. The molecule has 0 atom stereocenters. The van der Waals surface area contributed by atoms with Crippen LogP contribution in [0.1, 0.15) is 25.8 Å². The van der Waals surface area contributed by atoms with Crippen molar-refractivity contribution in [1.82, 2.24) is 4.98 Å². The lowest BCUT2D eigenvalue weighted by Gasteiger charge is -2.17. The molecule has 0 radical (unpaired) electrons. The molecule has 1 aromatic heterocycles. The molecule has 0 bridgehead atoms. The van der Waals surface area contributed by atoms with E-state index in [0.717, 1.165) is 5.56 Å². The summed E-state index contributed by atoms with van der Waals surface area (Å²) >= 11 is 0. The number of hydrogen-bond acceptors (Lipinski definition) is 3. The van der Waals surface area contributed by atoms with Crippen molar-refractivity contribution in [2.75, 3.05) is 5.32 Å². The number of nitrogens with zero attached hydrogens (tertiary/aromatic N) is 1. The highest BCUT2D eigenvalue weighted by Crippen LogP contribution is 2.08. The molecule has 1 rings (SSSR count). The van der Waals surface area contributed by atoms with Crippen LogP contribution in [0.5, 0.6) is 0 Å². The molecule has 0 fully saturated rings. The first-order valence-electron chi connectivity index (χ1n) is 4.88. The fourth-order valence-electron chi connectivity index (χ4n) is 1.21. The number of anilines is 1. The Morgan fingerprint density at radius 1 is 1.60 bits per heavy atom. The smallest absolute Gasteiger partial charge is 0.227 e. The number of amides is 1. The van der Waals surface area contributed by atoms with Gasteiger partial charge in [-0.2, -0.15) is 0 Å². The lowest BCUT2D eigenvalue weighted by atomic mass is 10.0. The van der Waals surface area contributed by atoms with E-state index in [0.29, 0.717) is 5.82 Å². The van der Waals surface area contributed by atoms with Crippen molar-refractivity contribution in [2.24, 2.45) is 5.73 Å². The van der Waals surface area contributed by atoms with E-state index in [-0.39, 0.29) is 12.3 Å². The molecular formula is C11H17N3O. The van der Waals surface area contributed by atoms with Gasteiger partial charge in [0.05, 0.1) is 0 Å². The summed E-state index contributed by atoms with van der Waals surface area (Å²) in [6.45, 7) is 5.58. The molecule has 0 aliphatic heterocycles. The molecule has 0 saturated heterocycles. The molecule has 4 nitrogen and oxygen atoms in total. The summed E-state index contributed by atoms with van der Waals surface area (Å²) in [5.41, 5.74) is 6.31. The van der Waals surface area contributed by atoms with Crippen molar-refractivity contribution in [3.63, 3.8) is 0 Å². The Bertz CT molecular complexity index is 355. The van der Waals surface area contributed by atoms with E-state index in [9.17, 15) is 4.79 Å². The molecule has 0 saturated carbocycles. The van der Waals surface area contributed by atoms with Crippen LogP contribution in [0.2, 0.25) is 0 Å². The second-order valence-electron chi connectivity index (χ2n) is 4.43. The third kappa shape index (κ3) is 4.56. The van der Waals surface area contributed by atoms with Gasteiger partial charge >= 0.3 is 0 Å². The Balaban J connectivity index is 2.59. The van der Waals surface area contributed by atoms with Crippen molar-refractivity contribution < 1.29 is 4.79 Å². The molecule has 0 aliphatic rings. The second-order valence-corrected chi connectivity index (χ2v) is 4.43. The van der Waals surface area contributed by atoms with Gasteiger partial charge in [0.2, 0.25) is 5.91 Å². The summed E-state index contributed by atoms with van der Waals surface area (Å²) < 4.78 is 0. The van der Waals surface area contributed by atoms with Crippen LogP contribution in [0.25, 0.3) is 0 Å². The topological polar surface area (TPSA) is 68.0 Å². The van der Waals surface area contributed by atoms with Gasteiger partial charge in [0, 0.05) is 18.2 Å². The maximum Gasteiger partial charge on any atom is 0.227 e. The number of aryl methyl sites for hydroxylation is 1. The minimum Gasteiger partial charge on any atom is -0.325 e. The zero-order chi connectivity index (χ0) is 11.5. The maximum absolute atomic E-state index is 11.5. The van der Waals surface area contributed by atoms with Gasteiger partial charge in [-0.1, -0.05) is 0 Å². The Labute approximate surface area is 89.9 Å². The van der Waals surface area contributed by atoms with Crippen LogP contribution in [-0.2, 0) is 4.79 Å². The van der Waals surface area contributed by atoms with Gasteiger partial charge in [0.25, 0.3) is 0 Å². The van der Waals surface area contributed by atoms with E-state index in [2.05, 4.69) is 10.3 Å². The number of carbonyl (C=O) groups is 1. The summed E-state index contributed by atoms with van der Waals surface area (Å²) in [4.78, 5) is 15.5. The largest absolute Gasteiger partial charge is 0.325 e. The number of pyridine rings is 1. The Kier molecular flexibility index (Phi) is 3.42. The Morgan fingerprint density at radius 2 is 2.27 bits per heavy atom. The molecule has 3 N–H and O–H groups in total. The summed E-state index contributed by atoms with van der Waals surface area (Å²) in [6, 6.07) is 3.70. The van der Waals surface area contributed by atoms with Crippen molar-refractivity contribution in [3.8, 4) is 0 Å². The van der Waals surface area contributed by atoms with Crippen molar-refractivity contribution in [1.29, 1.82) is 0 Å². The molecular weight excluding hydrogens is 190 g/mol. The van der Waals surface area contributed by atoms with E-state index in [1.807, 2.05) is 32.9 Å². The number of nitrogens with one attached hydrogen (secondary N) is 1. The molecule has 0 unspecified atom stereocenters. The molecule has 0 aromatic carbocycles. The molecule has 82 valence electrons. The normalized spacial score (nSPS) is 11.2. The van der Waals surface area contributed by atoms with Gasteiger partial charge in [0.1, 0.15) is 5.82 Å². The van der Waals surface area contributed by atoms with Crippen LogP contribution in [-0.4, -0.2) is 16.4 Å². The first-order chi connectivity index (χ1) is 6.87. The molecule has 1 amide bonds. The van der Waals surface area contributed by atoms with E-state index < -0.39 is 5.54 Å². The van der Waals surface area contributed by atoms with Crippen molar-refractivity contribution in [2.45, 2.75) is 32.7 Å². The highest BCUT2D eigenvalue weighted by Gasteiger charge is 2.16. The number of aromatic nitrogens is 1. The summed E-state index contributed by atoms with van der Waals surface area (Å²) in [7, 11) is 0. The minimum absolute atomic E-state index is 0.111. The van der Waals surface area contributed by atoms with Crippen LogP contribution >= 0.6 is 0 Å². The van der Waals surface area contributed by atoms with Gasteiger partial charge < -0.3 is 11.1 Å². The SMILES string of the molecule is Cc1ccnc(NC(=O)CC(C)(C)N)c1. The maximum atomic E-state index is 11.5. The van der Waals surface area contributed by atoms with Crippen LogP contribution in [0.3, 0.4) is 0 Å². The fraction of sp³-hybridized carbons (Fsp3) is 0.455. The van der Waals surface area contributed by atoms with E-state index in [1.54, 1.807) is 6.20 Å². The van der Waals surface area contributed by atoms with Crippen molar-refractivity contribution in [3.05, 3.63) is 23.9 Å². The van der Waals surface area contributed by atoms with Crippen LogP contribution in [0.4, 0.5) is 5.82 Å². The van der Waals surface area contributed by atoms with E-state index in [4.69, 9.17) is 5.73 Å². The third-order valence-electron chi connectivity index (χ3n) is 1.80. The second kappa shape index (κ2) is 4.40. The number of hydrogen-bond donors (Lipinski definition) is 2. The average Bonchev–Trinajstić information content (AvgIpc) is 1.99. The molecule has 0 spiro atoms. The van der Waals surface area contributed by atoms with Crippen LogP contribution < -0.4 is 11.1 Å². The zero-order valence-electron chi connectivity index (χ0n) is 9.37. The molecule has 15 heavy (non-hydrogen) atoms. The lowest BCUT2D eigenvalue weighted by Crippen LogP contribution is -2.36. The number of carbonyl (C=O) groups excluding carboxylic acids is 1. The van der Waals surface area contributed by atoms with Gasteiger partial charge in [0.15, 0.2) is 0 Å². The van der Waals surface area contributed by atoms with Crippen LogP contribution in [0, 0.1) is 6.92 Å². The number of nitrogens with two attached hydrogens (primary N) is 1. The fourth-order valence-corrected chi connectivity index (χ4v) is 1.21. The van der Waals surface area contributed by atoms with Gasteiger partial charge in [-0.25, -0.2) is 4.98 Å². The summed E-state index contributed by atoms with van der Waals surface area (Å²) in [5.74, 6) is 0.463. The molecule has 1 aromatic rings. The van der Waals surface area contributed by atoms with Gasteiger partial charge in [-0.15, -0.1) is 0 Å². The highest BCUT2D eigenvalue weighted by molar-refractivity contribution is 5.90. The standard InChI is InChI=1S/C11H17N3O/c1-8-4-5-13-9(6-8)14-10(15)7-11(2,3)12/h4-6H,7,12H2,1-3H3,(H,13,14,15). The third-order valence-corrected chi connectivity index (χ3v) is 1.80. The zero-order valence-corrected chi connectivity index (χ0v) is 9.37. The monoisotopic (exact) mass is 207 g/mol. The predicted molar refractivity (Wildman–Crippen MR) is 60.5 cm³/mol. The van der Waals surface area contributed by atoms with E-state index in [1.165, 1.54) is 0 Å².